The van der Waals surface area contributed by atoms with Gasteiger partial charge >= 0.3 is 18.5 Å². The molecule has 0 amide bonds. The molecule has 10 heteroatoms. The normalized spacial score (nSPS) is 22.8. The molecule has 3 unspecified atom stereocenters. The van der Waals surface area contributed by atoms with Crippen LogP contribution >= 0.6 is 0 Å². The number of aryl methyl sites for hydroxylation is 1. The summed E-state index contributed by atoms with van der Waals surface area (Å²) in [6.45, 7) is 7.54. The van der Waals surface area contributed by atoms with Gasteiger partial charge in [0.1, 0.15) is 44.4 Å². The summed E-state index contributed by atoms with van der Waals surface area (Å²) in [5.74, 6) is 0.767. The van der Waals surface area contributed by atoms with Crippen LogP contribution in [0.2, 0.25) is 0 Å². The first-order chi connectivity index (χ1) is 15.9. The molecule has 3 aliphatic rings. The van der Waals surface area contributed by atoms with Crippen molar-refractivity contribution in [2.45, 2.75) is 64.8 Å². The topological polar surface area (TPSA) is 116 Å². The van der Waals surface area contributed by atoms with E-state index in [1.165, 1.54) is 5.56 Å². The first-order valence-corrected chi connectivity index (χ1v) is 11.1. The van der Waals surface area contributed by atoms with Gasteiger partial charge in [0.25, 0.3) is 0 Å². The lowest BCUT2D eigenvalue weighted by Crippen LogP contribution is -2.19. The van der Waals surface area contributed by atoms with Crippen molar-refractivity contribution >= 4 is 18.5 Å². The van der Waals surface area contributed by atoms with E-state index >= 15 is 0 Å². The predicted molar refractivity (Wildman–Crippen MR) is 115 cm³/mol. The fraction of sp³-hybridized carbons (Fsp3) is 0.609. The molecule has 0 bridgehead atoms. The Morgan fingerprint density at radius 2 is 1.30 bits per heavy atom. The average Bonchev–Trinajstić information content (AvgIpc) is 3.54. The molecule has 3 atom stereocenters. The second kappa shape index (κ2) is 14.1. The van der Waals surface area contributed by atoms with E-state index in [1.807, 2.05) is 38.1 Å². The standard InChI is InChI=1S/C11H12O4.C7H12O3.C5H8O3/c1-8-2-4-9(5-3-8)13-6-10-7-14-11(12)15-10;1-2-3-4-6-5-9-7(8)10-6;1-2-4-3-7-5(6)8-4/h2-5,10H,6-7H2,1H3;6H,2-5H2,1H3;4H,2-3H2,1H3. The van der Waals surface area contributed by atoms with Gasteiger partial charge < -0.3 is 33.2 Å². The van der Waals surface area contributed by atoms with E-state index in [-0.39, 0.29) is 24.9 Å². The molecule has 1 aromatic carbocycles. The fourth-order valence-electron chi connectivity index (χ4n) is 2.78. The van der Waals surface area contributed by atoms with E-state index in [0.717, 1.165) is 31.4 Å². The number of rotatable bonds is 7. The van der Waals surface area contributed by atoms with Gasteiger partial charge in [0, 0.05) is 0 Å². The molecular formula is C23H32O10. The number of hydrogen-bond donors (Lipinski definition) is 0. The van der Waals surface area contributed by atoms with Crippen LogP contribution in [0.15, 0.2) is 24.3 Å². The lowest BCUT2D eigenvalue weighted by Gasteiger charge is -2.09. The van der Waals surface area contributed by atoms with E-state index in [1.54, 1.807) is 0 Å². The van der Waals surface area contributed by atoms with E-state index in [2.05, 4.69) is 25.9 Å². The van der Waals surface area contributed by atoms with Crippen molar-refractivity contribution in [1.82, 2.24) is 0 Å². The average molecular weight is 468 g/mol. The highest BCUT2D eigenvalue weighted by Gasteiger charge is 2.25. The van der Waals surface area contributed by atoms with Crippen LogP contribution in [0.5, 0.6) is 5.75 Å². The van der Waals surface area contributed by atoms with Gasteiger partial charge in [-0.25, -0.2) is 14.4 Å². The van der Waals surface area contributed by atoms with Crippen molar-refractivity contribution in [2.75, 3.05) is 26.4 Å². The first-order valence-electron chi connectivity index (χ1n) is 11.1. The van der Waals surface area contributed by atoms with Crippen LogP contribution in [0, 0.1) is 6.92 Å². The number of carbonyl (C=O) groups excluding carboxylic acids is 3. The van der Waals surface area contributed by atoms with Gasteiger partial charge in [0.05, 0.1) is 0 Å². The molecule has 3 heterocycles. The molecule has 1 aromatic rings. The Balaban J connectivity index is 0.000000186. The van der Waals surface area contributed by atoms with Gasteiger partial charge in [-0.3, -0.25) is 0 Å². The third-order valence-corrected chi connectivity index (χ3v) is 4.74. The molecule has 3 aliphatic heterocycles. The maximum absolute atomic E-state index is 10.6. The van der Waals surface area contributed by atoms with Gasteiger partial charge in [0.15, 0.2) is 6.10 Å². The molecule has 3 fully saturated rings. The molecular weight excluding hydrogens is 436 g/mol. The lowest BCUT2D eigenvalue weighted by atomic mass is 10.2. The number of carbonyl (C=O) groups is 3. The summed E-state index contributed by atoms with van der Waals surface area (Å²) in [5.41, 5.74) is 1.18. The number of cyclic esters (lactones) is 6. The zero-order chi connectivity index (χ0) is 24.1. The van der Waals surface area contributed by atoms with Gasteiger partial charge in [-0.05, 0) is 38.3 Å². The molecule has 0 spiro atoms. The minimum atomic E-state index is -0.618. The Hall–Kier alpha value is -3.17. The predicted octanol–water partition coefficient (Wildman–Crippen LogP) is 4.55. The summed E-state index contributed by atoms with van der Waals surface area (Å²) in [4.78, 5) is 31.1. The van der Waals surface area contributed by atoms with Crippen LogP contribution in [0.1, 0.15) is 45.1 Å². The molecule has 184 valence electrons. The number of hydrogen-bond acceptors (Lipinski definition) is 10. The quantitative estimate of drug-likeness (QED) is 0.417. The lowest BCUT2D eigenvalue weighted by molar-refractivity contribution is 0.0982. The number of unbranched alkanes of at least 4 members (excludes halogenated alkanes) is 1. The maximum Gasteiger partial charge on any atom is 0.508 e. The summed E-state index contributed by atoms with van der Waals surface area (Å²) in [7, 11) is 0. The molecule has 0 N–H and O–H groups in total. The zero-order valence-corrected chi connectivity index (χ0v) is 19.3. The van der Waals surface area contributed by atoms with Crippen molar-refractivity contribution < 1.29 is 47.5 Å². The Kier molecular flexibility index (Phi) is 11.1. The van der Waals surface area contributed by atoms with E-state index in [4.69, 9.17) is 14.2 Å². The monoisotopic (exact) mass is 468 g/mol. The highest BCUT2D eigenvalue weighted by atomic mass is 16.8. The van der Waals surface area contributed by atoms with Crippen molar-refractivity contribution in [3.8, 4) is 5.75 Å². The number of benzene rings is 1. The molecule has 0 radical (unpaired) electrons. The molecule has 0 aliphatic carbocycles. The summed E-state index contributed by atoms with van der Waals surface area (Å²) < 4.78 is 33.4. The van der Waals surface area contributed by atoms with Crippen LogP contribution in [-0.2, 0) is 28.4 Å². The fourth-order valence-corrected chi connectivity index (χ4v) is 2.78. The van der Waals surface area contributed by atoms with Gasteiger partial charge in [-0.2, -0.15) is 0 Å². The van der Waals surface area contributed by atoms with Gasteiger partial charge in [-0.1, -0.05) is 38.0 Å². The summed E-state index contributed by atoms with van der Waals surface area (Å²) in [6.07, 6.45) is 2.07. The molecule has 33 heavy (non-hydrogen) atoms. The van der Waals surface area contributed by atoms with Crippen LogP contribution in [0.3, 0.4) is 0 Å². The summed E-state index contributed by atoms with van der Waals surface area (Å²) >= 11 is 0. The Labute approximate surface area is 193 Å². The van der Waals surface area contributed by atoms with Gasteiger partial charge in [0.2, 0.25) is 0 Å². The minimum absolute atomic E-state index is 0.00231. The molecule has 3 saturated heterocycles. The summed E-state index contributed by atoms with van der Waals surface area (Å²) in [6, 6.07) is 7.69. The Morgan fingerprint density at radius 3 is 1.73 bits per heavy atom. The summed E-state index contributed by atoms with van der Waals surface area (Å²) in [5, 5.41) is 0. The maximum atomic E-state index is 10.6. The van der Waals surface area contributed by atoms with E-state index in [9.17, 15) is 14.4 Å². The molecule has 0 aromatic heterocycles. The smallest absolute Gasteiger partial charge is 0.490 e. The van der Waals surface area contributed by atoms with Crippen LogP contribution in [0.4, 0.5) is 14.4 Å². The van der Waals surface area contributed by atoms with Crippen LogP contribution in [0.25, 0.3) is 0 Å². The van der Waals surface area contributed by atoms with Crippen LogP contribution in [-0.4, -0.2) is 63.2 Å². The SMILES string of the molecule is CCC1COC(=O)O1.CCCCC1COC(=O)O1.Cc1ccc(OCC2COC(=O)O2)cc1. The molecule has 0 saturated carbocycles. The Morgan fingerprint density at radius 1 is 0.788 bits per heavy atom. The van der Waals surface area contributed by atoms with E-state index < -0.39 is 18.5 Å². The largest absolute Gasteiger partial charge is 0.508 e. The third kappa shape index (κ3) is 10.3. The van der Waals surface area contributed by atoms with Crippen molar-refractivity contribution in [2.24, 2.45) is 0 Å². The second-order valence-corrected chi connectivity index (χ2v) is 7.58. The van der Waals surface area contributed by atoms with Crippen LogP contribution < -0.4 is 4.74 Å². The highest BCUT2D eigenvalue weighted by Crippen LogP contribution is 2.14. The Bertz CT molecular complexity index is 748. The van der Waals surface area contributed by atoms with E-state index in [0.29, 0.717) is 19.8 Å². The van der Waals surface area contributed by atoms with Crippen molar-refractivity contribution in [3.05, 3.63) is 29.8 Å². The van der Waals surface area contributed by atoms with Crippen molar-refractivity contribution in [3.63, 3.8) is 0 Å². The van der Waals surface area contributed by atoms with Crippen molar-refractivity contribution in [1.29, 1.82) is 0 Å². The second-order valence-electron chi connectivity index (χ2n) is 7.58. The minimum Gasteiger partial charge on any atom is -0.490 e. The number of ether oxygens (including phenoxy) is 7. The van der Waals surface area contributed by atoms with Gasteiger partial charge in [-0.15, -0.1) is 0 Å². The molecule has 4 rings (SSSR count). The molecule has 10 nitrogen and oxygen atoms in total. The first kappa shape index (κ1) is 26.1. The third-order valence-electron chi connectivity index (χ3n) is 4.74. The zero-order valence-electron chi connectivity index (χ0n) is 19.3. The highest BCUT2D eigenvalue weighted by molar-refractivity contribution is 5.62.